The highest BCUT2D eigenvalue weighted by Crippen LogP contribution is 2.23. The van der Waals surface area contributed by atoms with E-state index < -0.39 is 21.9 Å². The second kappa shape index (κ2) is 7.59. The molecule has 5 nitrogen and oxygen atoms in total. The van der Waals surface area contributed by atoms with E-state index in [1.54, 1.807) is 48.5 Å². The highest BCUT2D eigenvalue weighted by molar-refractivity contribution is 7.90. The molecule has 0 fully saturated rings. The van der Waals surface area contributed by atoms with Gasteiger partial charge in [-0.2, -0.15) is 0 Å². The van der Waals surface area contributed by atoms with E-state index in [9.17, 15) is 18.3 Å². The maximum Gasteiger partial charge on any atom is 0.311 e. The van der Waals surface area contributed by atoms with Crippen LogP contribution in [0.25, 0.3) is 0 Å². The third-order valence-corrected chi connectivity index (χ3v) is 5.68. The largest absolute Gasteiger partial charge is 0.481 e. The zero-order valence-corrected chi connectivity index (χ0v) is 13.7. The van der Waals surface area contributed by atoms with Gasteiger partial charge in [-0.3, -0.25) is 4.79 Å². The average Bonchev–Trinajstić information content (AvgIpc) is 2.56. The topological polar surface area (TPSA) is 74.7 Å². The predicted molar refractivity (Wildman–Crippen MR) is 87.6 cm³/mol. The Kier molecular flexibility index (Phi) is 5.76. The minimum absolute atomic E-state index is 0.0709. The molecular formula is C16H16ClNO4S. The van der Waals surface area contributed by atoms with Crippen LogP contribution in [-0.2, 0) is 14.8 Å². The summed E-state index contributed by atoms with van der Waals surface area (Å²) in [6.07, 6.45) is 0.0783. The highest BCUT2D eigenvalue weighted by Gasteiger charge is 2.26. The Bertz CT molecular complexity index is 750. The fourth-order valence-electron chi connectivity index (χ4n) is 2.18. The number of rotatable bonds is 7. The molecule has 2 rings (SSSR count). The van der Waals surface area contributed by atoms with Crippen molar-refractivity contribution in [3.63, 3.8) is 0 Å². The van der Waals surface area contributed by atoms with Gasteiger partial charge in [-0.15, -0.1) is 3.82 Å². The van der Waals surface area contributed by atoms with Crippen molar-refractivity contribution < 1.29 is 18.3 Å². The van der Waals surface area contributed by atoms with Crippen molar-refractivity contribution in [2.45, 2.75) is 17.2 Å². The van der Waals surface area contributed by atoms with Crippen LogP contribution in [0.15, 0.2) is 65.6 Å². The van der Waals surface area contributed by atoms with Gasteiger partial charge in [0.15, 0.2) is 0 Å². The van der Waals surface area contributed by atoms with Gasteiger partial charge < -0.3 is 5.11 Å². The molecule has 1 N–H and O–H groups in total. The quantitative estimate of drug-likeness (QED) is 0.776. The predicted octanol–water partition coefficient (Wildman–Crippen LogP) is 3.09. The number of nitrogens with zero attached hydrogens (tertiary/aromatic N) is 1. The van der Waals surface area contributed by atoms with Crippen molar-refractivity contribution >= 4 is 27.8 Å². The standard InChI is InChI=1S/C16H16ClNO4S/c17-18(23(21,22)14-9-5-2-6-10-14)12-11-15(16(19)20)13-7-3-1-4-8-13/h1-10,15H,11-12H2,(H,19,20). The Labute approximate surface area is 140 Å². The first-order valence-electron chi connectivity index (χ1n) is 6.94. The molecule has 1 atom stereocenters. The van der Waals surface area contributed by atoms with Crippen molar-refractivity contribution in [2.24, 2.45) is 0 Å². The Balaban J connectivity index is 2.11. The number of benzene rings is 2. The summed E-state index contributed by atoms with van der Waals surface area (Å²) in [5, 5.41) is 9.35. The Morgan fingerprint density at radius 3 is 2.09 bits per heavy atom. The molecule has 122 valence electrons. The molecule has 0 aliphatic carbocycles. The van der Waals surface area contributed by atoms with Gasteiger partial charge in [0, 0.05) is 6.54 Å². The molecule has 2 aromatic rings. The number of carbonyl (C=O) groups is 1. The maximum absolute atomic E-state index is 12.3. The molecule has 0 bridgehead atoms. The lowest BCUT2D eigenvalue weighted by molar-refractivity contribution is -0.139. The van der Waals surface area contributed by atoms with Crippen LogP contribution in [0.4, 0.5) is 0 Å². The van der Waals surface area contributed by atoms with Crippen LogP contribution >= 0.6 is 11.8 Å². The van der Waals surface area contributed by atoms with Gasteiger partial charge >= 0.3 is 5.97 Å². The van der Waals surface area contributed by atoms with E-state index in [1.165, 1.54) is 12.1 Å². The third-order valence-electron chi connectivity index (χ3n) is 3.40. The summed E-state index contributed by atoms with van der Waals surface area (Å²) < 4.78 is 25.3. The van der Waals surface area contributed by atoms with E-state index in [-0.39, 0.29) is 17.9 Å². The molecule has 1 unspecified atom stereocenters. The fourth-order valence-corrected chi connectivity index (χ4v) is 3.59. The molecular weight excluding hydrogens is 338 g/mol. The summed E-state index contributed by atoms with van der Waals surface area (Å²) in [7, 11) is -3.84. The molecule has 7 heteroatoms. The van der Waals surface area contributed by atoms with Crippen molar-refractivity contribution in [2.75, 3.05) is 6.54 Å². The molecule has 2 aromatic carbocycles. The van der Waals surface area contributed by atoms with Crippen LogP contribution in [0.1, 0.15) is 17.9 Å². The third kappa shape index (κ3) is 4.31. The normalized spacial score (nSPS) is 13.0. The van der Waals surface area contributed by atoms with Gasteiger partial charge in [-0.25, -0.2) is 8.42 Å². The van der Waals surface area contributed by atoms with Crippen LogP contribution < -0.4 is 0 Å². The number of sulfonamides is 1. The maximum atomic E-state index is 12.3. The number of carboxylic acid groups (broad SMARTS) is 1. The number of halogens is 1. The van der Waals surface area contributed by atoms with E-state index in [1.807, 2.05) is 0 Å². The van der Waals surface area contributed by atoms with Crippen molar-refractivity contribution in [3.8, 4) is 0 Å². The first-order valence-corrected chi connectivity index (χ1v) is 8.72. The van der Waals surface area contributed by atoms with E-state index in [0.717, 1.165) is 0 Å². The van der Waals surface area contributed by atoms with E-state index in [4.69, 9.17) is 11.8 Å². The van der Waals surface area contributed by atoms with Gasteiger partial charge in [0.2, 0.25) is 0 Å². The summed E-state index contributed by atoms with van der Waals surface area (Å²) in [6, 6.07) is 16.4. The molecule has 0 spiro atoms. The summed E-state index contributed by atoms with van der Waals surface area (Å²) in [4.78, 5) is 11.5. The molecule has 0 saturated heterocycles. The molecule has 0 aliphatic rings. The SMILES string of the molecule is O=C(O)C(CCN(Cl)S(=O)(=O)c1ccccc1)c1ccccc1. The summed E-state index contributed by atoms with van der Waals surface area (Å²) >= 11 is 5.90. The monoisotopic (exact) mass is 353 g/mol. The second-order valence-electron chi connectivity index (χ2n) is 4.92. The molecule has 0 amide bonds. The van der Waals surface area contributed by atoms with Gasteiger partial charge in [-0.05, 0) is 35.9 Å². The first kappa shape index (κ1) is 17.5. The smallest absolute Gasteiger partial charge is 0.311 e. The lowest BCUT2D eigenvalue weighted by Gasteiger charge is -2.17. The van der Waals surface area contributed by atoms with Crippen molar-refractivity contribution in [1.82, 2.24) is 3.82 Å². The summed E-state index contributed by atoms with van der Waals surface area (Å²) in [5.41, 5.74) is 0.613. The number of hydrogen-bond donors (Lipinski definition) is 1. The summed E-state index contributed by atoms with van der Waals surface area (Å²) in [5.74, 6) is -1.83. The molecule has 23 heavy (non-hydrogen) atoms. The molecule has 0 radical (unpaired) electrons. The zero-order valence-electron chi connectivity index (χ0n) is 12.2. The van der Waals surface area contributed by atoms with Crippen LogP contribution in [0.2, 0.25) is 0 Å². The number of aliphatic carboxylic acids is 1. The van der Waals surface area contributed by atoms with Crippen LogP contribution in [-0.4, -0.2) is 29.9 Å². The van der Waals surface area contributed by atoms with E-state index in [0.29, 0.717) is 9.39 Å². The molecule has 0 heterocycles. The van der Waals surface area contributed by atoms with Crippen molar-refractivity contribution in [3.05, 3.63) is 66.2 Å². The Morgan fingerprint density at radius 1 is 1.04 bits per heavy atom. The van der Waals surface area contributed by atoms with Gasteiger partial charge in [0.1, 0.15) is 0 Å². The molecule has 0 saturated carbocycles. The number of hydrogen-bond acceptors (Lipinski definition) is 3. The molecule has 0 aliphatic heterocycles. The zero-order chi connectivity index (χ0) is 16.9. The Hall–Kier alpha value is -1.89. The Morgan fingerprint density at radius 2 is 1.57 bits per heavy atom. The van der Waals surface area contributed by atoms with Crippen LogP contribution in [0, 0.1) is 0 Å². The van der Waals surface area contributed by atoms with Crippen LogP contribution in [0.3, 0.4) is 0 Å². The summed E-state index contributed by atoms with van der Waals surface area (Å²) in [6.45, 7) is -0.107. The van der Waals surface area contributed by atoms with Gasteiger partial charge in [-0.1, -0.05) is 48.5 Å². The van der Waals surface area contributed by atoms with Gasteiger partial charge in [0.05, 0.1) is 10.8 Å². The highest BCUT2D eigenvalue weighted by atomic mass is 35.5. The minimum atomic E-state index is -3.84. The second-order valence-corrected chi connectivity index (χ2v) is 7.39. The first-order chi connectivity index (χ1) is 10.9. The van der Waals surface area contributed by atoms with Gasteiger partial charge in [0.25, 0.3) is 10.0 Å². The molecule has 0 aromatic heterocycles. The van der Waals surface area contributed by atoms with Crippen LogP contribution in [0.5, 0.6) is 0 Å². The van der Waals surface area contributed by atoms with E-state index >= 15 is 0 Å². The lowest BCUT2D eigenvalue weighted by atomic mass is 9.96. The fraction of sp³-hybridized carbons (Fsp3) is 0.188. The lowest BCUT2D eigenvalue weighted by Crippen LogP contribution is -2.26. The number of carboxylic acids is 1. The van der Waals surface area contributed by atoms with E-state index in [2.05, 4.69) is 0 Å². The van der Waals surface area contributed by atoms with Crippen molar-refractivity contribution in [1.29, 1.82) is 0 Å². The minimum Gasteiger partial charge on any atom is -0.481 e. The average molecular weight is 354 g/mol.